The van der Waals surface area contributed by atoms with E-state index in [1.165, 1.54) is 9.78 Å². The Morgan fingerprint density at radius 2 is 1.92 bits per heavy atom. The summed E-state index contributed by atoms with van der Waals surface area (Å²) in [5, 5.41) is 0.937. The molecule has 6 nitrogen and oxygen atoms in total. The first-order valence-electron chi connectivity index (χ1n) is 8.61. The van der Waals surface area contributed by atoms with E-state index in [0.29, 0.717) is 26.2 Å². The van der Waals surface area contributed by atoms with Crippen molar-refractivity contribution in [2.24, 2.45) is 0 Å². The topological polar surface area (TPSA) is 48.9 Å². The molecule has 3 heterocycles. The summed E-state index contributed by atoms with van der Waals surface area (Å²) in [6.07, 6.45) is -4.32. The summed E-state index contributed by atoms with van der Waals surface area (Å²) in [5.74, 6) is -0.278. The third-order valence-corrected chi connectivity index (χ3v) is 5.92. The first-order valence-corrected chi connectivity index (χ1v) is 9.42. The number of aryl methyl sites for hydroxylation is 2. The summed E-state index contributed by atoms with van der Waals surface area (Å²) < 4.78 is 43.6. The van der Waals surface area contributed by atoms with Crippen molar-refractivity contribution in [3.63, 3.8) is 0 Å². The number of thiazole rings is 1. The average molecular weight is 392 g/mol. The van der Waals surface area contributed by atoms with Crippen LogP contribution in [0.4, 0.5) is 18.3 Å². The van der Waals surface area contributed by atoms with Crippen molar-refractivity contribution in [2.75, 3.05) is 57.4 Å². The SMILES string of the molecule is Cc1nc(N2CCN(C(=O)[C@@H]3COCCN3CC(F)(F)F)CC2)sc1C. The zero-order valence-electron chi connectivity index (χ0n) is 14.9. The standard InChI is InChI=1S/C16H23F3N4O2S/c1-11-12(2)26-15(20-11)22-5-3-21(4-6-22)14(24)13-9-25-8-7-23(13)10-16(17,18)19/h13H,3-10H2,1-2H3/t13-/m0/s1. The van der Waals surface area contributed by atoms with Crippen LogP contribution in [0.3, 0.4) is 0 Å². The molecular formula is C16H23F3N4O2S. The van der Waals surface area contributed by atoms with Crippen LogP contribution in [0.15, 0.2) is 0 Å². The summed E-state index contributed by atoms with van der Waals surface area (Å²) in [5.41, 5.74) is 1.01. The van der Waals surface area contributed by atoms with Crippen molar-refractivity contribution in [3.05, 3.63) is 10.6 Å². The van der Waals surface area contributed by atoms with Crippen LogP contribution in [0, 0.1) is 13.8 Å². The molecule has 0 aromatic carbocycles. The van der Waals surface area contributed by atoms with Crippen LogP contribution >= 0.6 is 11.3 Å². The Balaban J connectivity index is 1.60. The van der Waals surface area contributed by atoms with Gasteiger partial charge in [0.15, 0.2) is 5.13 Å². The molecule has 0 bridgehead atoms. The number of nitrogens with zero attached hydrogens (tertiary/aromatic N) is 4. The van der Waals surface area contributed by atoms with Crippen molar-refractivity contribution in [2.45, 2.75) is 26.1 Å². The number of carbonyl (C=O) groups excluding carboxylic acids is 1. The highest BCUT2D eigenvalue weighted by atomic mass is 32.1. The number of carbonyl (C=O) groups is 1. The summed E-state index contributed by atoms with van der Waals surface area (Å²) in [6, 6.07) is -0.860. The second-order valence-corrected chi connectivity index (χ2v) is 7.81. The highest BCUT2D eigenvalue weighted by Gasteiger charge is 2.40. The molecule has 3 rings (SSSR count). The lowest BCUT2D eigenvalue weighted by atomic mass is 10.1. The number of ether oxygens (including phenoxy) is 1. The fraction of sp³-hybridized carbons (Fsp3) is 0.750. The predicted octanol–water partition coefficient (Wildman–Crippen LogP) is 1.67. The zero-order valence-corrected chi connectivity index (χ0v) is 15.7. The minimum Gasteiger partial charge on any atom is -0.378 e. The molecule has 2 aliphatic rings. The molecule has 1 aromatic heterocycles. The number of hydrogen-bond donors (Lipinski definition) is 0. The number of halogens is 3. The monoisotopic (exact) mass is 392 g/mol. The molecule has 0 unspecified atom stereocenters. The molecular weight excluding hydrogens is 369 g/mol. The van der Waals surface area contributed by atoms with E-state index >= 15 is 0 Å². The average Bonchev–Trinajstić information content (AvgIpc) is 2.93. The lowest BCUT2D eigenvalue weighted by Gasteiger charge is -2.40. The number of morpholine rings is 1. The van der Waals surface area contributed by atoms with Gasteiger partial charge in [0.05, 0.1) is 25.5 Å². The first kappa shape index (κ1) is 19.4. The Morgan fingerprint density at radius 3 is 2.50 bits per heavy atom. The van der Waals surface area contributed by atoms with Gasteiger partial charge >= 0.3 is 6.18 Å². The molecule has 2 fully saturated rings. The van der Waals surface area contributed by atoms with E-state index in [1.54, 1.807) is 16.2 Å². The number of alkyl halides is 3. The fourth-order valence-electron chi connectivity index (χ4n) is 3.20. The fourth-order valence-corrected chi connectivity index (χ4v) is 4.17. The minimum atomic E-state index is -4.32. The van der Waals surface area contributed by atoms with Crippen molar-refractivity contribution < 1.29 is 22.7 Å². The van der Waals surface area contributed by atoms with Gasteiger partial charge in [0.2, 0.25) is 5.91 Å². The van der Waals surface area contributed by atoms with Crippen molar-refractivity contribution in [1.29, 1.82) is 0 Å². The van der Waals surface area contributed by atoms with Crippen molar-refractivity contribution in [1.82, 2.24) is 14.8 Å². The van der Waals surface area contributed by atoms with Crippen LogP contribution in [-0.2, 0) is 9.53 Å². The van der Waals surface area contributed by atoms with Crippen LogP contribution in [-0.4, -0.2) is 85.4 Å². The largest absolute Gasteiger partial charge is 0.401 e. The predicted molar refractivity (Wildman–Crippen MR) is 92.6 cm³/mol. The van der Waals surface area contributed by atoms with Gasteiger partial charge in [-0.15, -0.1) is 11.3 Å². The number of rotatable bonds is 3. The van der Waals surface area contributed by atoms with E-state index in [2.05, 4.69) is 9.88 Å². The Labute approximate surface area is 154 Å². The van der Waals surface area contributed by atoms with E-state index in [-0.39, 0.29) is 25.7 Å². The number of anilines is 1. The smallest absolute Gasteiger partial charge is 0.378 e. The van der Waals surface area contributed by atoms with Gasteiger partial charge in [-0.25, -0.2) is 4.98 Å². The zero-order chi connectivity index (χ0) is 18.9. The first-order chi connectivity index (χ1) is 12.2. The van der Waals surface area contributed by atoms with Crippen LogP contribution in [0.5, 0.6) is 0 Å². The molecule has 1 amide bonds. The van der Waals surface area contributed by atoms with Gasteiger partial charge in [0.1, 0.15) is 6.04 Å². The third-order valence-electron chi connectivity index (χ3n) is 4.79. The summed E-state index contributed by atoms with van der Waals surface area (Å²) in [4.78, 5) is 23.4. The maximum atomic E-state index is 12.8. The highest BCUT2D eigenvalue weighted by Crippen LogP contribution is 2.26. The molecule has 1 atom stereocenters. The van der Waals surface area contributed by atoms with Crippen LogP contribution in [0.25, 0.3) is 0 Å². The van der Waals surface area contributed by atoms with Gasteiger partial charge in [0, 0.05) is 37.6 Å². The van der Waals surface area contributed by atoms with Gasteiger partial charge in [-0.05, 0) is 13.8 Å². The molecule has 0 saturated carbocycles. The number of hydrogen-bond acceptors (Lipinski definition) is 6. The molecule has 26 heavy (non-hydrogen) atoms. The van der Waals surface area contributed by atoms with Crippen molar-refractivity contribution >= 4 is 22.4 Å². The summed E-state index contributed by atoms with van der Waals surface area (Å²) >= 11 is 1.62. The van der Waals surface area contributed by atoms with Gasteiger partial charge in [0.25, 0.3) is 0 Å². The molecule has 0 radical (unpaired) electrons. The molecule has 146 valence electrons. The van der Waals surface area contributed by atoms with Crippen molar-refractivity contribution in [3.8, 4) is 0 Å². The third kappa shape index (κ3) is 4.47. The molecule has 10 heteroatoms. The van der Waals surface area contributed by atoms with E-state index in [9.17, 15) is 18.0 Å². The second kappa shape index (κ2) is 7.69. The number of aromatic nitrogens is 1. The Hall–Kier alpha value is -1.39. The van der Waals surface area contributed by atoms with Crippen LogP contribution < -0.4 is 4.90 Å². The van der Waals surface area contributed by atoms with Gasteiger partial charge in [-0.2, -0.15) is 13.2 Å². The van der Waals surface area contributed by atoms with E-state index < -0.39 is 18.8 Å². The Bertz CT molecular complexity index is 624. The highest BCUT2D eigenvalue weighted by molar-refractivity contribution is 7.15. The molecule has 0 spiro atoms. The lowest BCUT2D eigenvalue weighted by molar-refractivity contribution is -0.170. The molecule has 2 aliphatic heterocycles. The van der Waals surface area contributed by atoms with E-state index in [1.807, 2.05) is 13.8 Å². The van der Waals surface area contributed by atoms with Crippen LogP contribution in [0.1, 0.15) is 10.6 Å². The maximum Gasteiger partial charge on any atom is 0.401 e. The van der Waals surface area contributed by atoms with E-state index in [0.717, 1.165) is 10.8 Å². The van der Waals surface area contributed by atoms with E-state index in [4.69, 9.17) is 4.74 Å². The molecule has 1 aromatic rings. The number of amides is 1. The van der Waals surface area contributed by atoms with Gasteiger partial charge in [-0.3, -0.25) is 9.69 Å². The number of piperazine rings is 1. The Kier molecular flexibility index (Phi) is 5.73. The molecule has 0 N–H and O–H groups in total. The van der Waals surface area contributed by atoms with Gasteiger partial charge in [-0.1, -0.05) is 0 Å². The molecule has 0 aliphatic carbocycles. The molecule has 2 saturated heterocycles. The lowest BCUT2D eigenvalue weighted by Crippen LogP contribution is -2.59. The van der Waals surface area contributed by atoms with Gasteiger partial charge < -0.3 is 14.5 Å². The second-order valence-electron chi connectivity index (χ2n) is 6.63. The quantitative estimate of drug-likeness (QED) is 0.783. The maximum absolute atomic E-state index is 12.8. The Morgan fingerprint density at radius 1 is 1.23 bits per heavy atom. The minimum absolute atomic E-state index is 0.0139. The summed E-state index contributed by atoms with van der Waals surface area (Å²) in [7, 11) is 0. The van der Waals surface area contributed by atoms with Crippen LogP contribution in [0.2, 0.25) is 0 Å². The normalized spacial score (nSPS) is 22.7. The summed E-state index contributed by atoms with van der Waals surface area (Å²) in [6.45, 7) is 5.48.